The Morgan fingerprint density at radius 3 is 2.00 bits per heavy atom. The van der Waals surface area contributed by atoms with Gasteiger partial charge in [-0.1, -0.05) is 35.3 Å². The first-order valence-corrected chi connectivity index (χ1v) is 7.87. The van der Waals surface area contributed by atoms with E-state index in [9.17, 15) is 9.59 Å². The summed E-state index contributed by atoms with van der Waals surface area (Å²) in [7, 11) is 0. The van der Waals surface area contributed by atoms with Crippen LogP contribution >= 0.6 is 23.2 Å². The quantitative estimate of drug-likeness (QED) is 0.773. The first kappa shape index (κ1) is 15.8. The Kier molecular flexibility index (Phi) is 4.28. The number of hydrogen-bond donors (Lipinski definition) is 0. The zero-order valence-corrected chi connectivity index (χ0v) is 13.9. The van der Waals surface area contributed by atoms with Crippen molar-refractivity contribution in [3.63, 3.8) is 0 Å². The number of nitrogens with zero attached hydrogens (tertiary/aromatic N) is 2. The zero-order chi connectivity index (χ0) is 16.6. The number of halogens is 2. The van der Waals surface area contributed by atoms with Gasteiger partial charge in [0, 0.05) is 16.6 Å². The maximum Gasteiger partial charge on any atom is 0.332 e. The summed E-state index contributed by atoms with van der Waals surface area (Å²) < 4.78 is 0. The van der Waals surface area contributed by atoms with E-state index in [4.69, 9.17) is 23.2 Å². The Morgan fingerprint density at radius 1 is 0.913 bits per heavy atom. The summed E-state index contributed by atoms with van der Waals surface area (Å²) in [6.45, 7) is 2.08. The van der Waals surface area contributed by atoms with E-state index in [1.165, 1.54) is 4.90 Å². The van der Waals surface area contributed by atoms with Gasteiger partial charge in [-0.3, -0.25) is 4.79 Å². The van der Waals surface area contributed by atoms with Gasteiger partial charge in [-0.15, -0.1) is 0 Å². The SMILES string of the molecule is C[C@H]1C(=O)N(c2ccc(Cl)cc2)C(=O)N1Cc1ccc(Cl)cc1. The van der Waals surface area contributed by atoms with Gasteiger partial charge in [0.05, 0.1) is 5.69 Å². The van der Waals surface area contributed by atoms with Crippen LogP contribution in [0.15, 0.2) is 48.5 Å². The molecule has 0 N–H and O–H groups in total. The molecule has 1 saturated heterocycles. The van der Waals surface area contributed by atoms with Crippen molar-refractivity contribution in [3.8, 4) is 0 Å². The molecule has 1 atom stereocenters. The number of amides is 3. The summed E-state index contributed by atoms with van der Waals surface area (Å²) in [4.78, 5) is 27.9. The van der Waals surface area contributed by atoms with E-state index < -0.39 is 6.04 Å². The van der Waals surface area contributed by atoms with Crippen LogP contribution in [0.5, 0.6) is 0 Å². The van der Waals surface area contributed by atoms with Crippen molar-refractivity contribution in [2.75, 3.05) is 4.90 Å². The Hall–Kier alpha value is -2.04. The van der Waals surface area contributed by atoms with E-state index in [1.54, 1.807) is 48.2 Å². The number of benzene rings is 2. The highest BCUT2D eigenvalue weighted by Gasteiger charge is 2.43. The van der Waals surface area contributed by atoms with Crippen LogP contribution in [0.2, 0.25) is 10.0 Å². The lowest BCUT2D eigenvalue weighted by Crippen LogP contribution is -2.33. The molecule has 0 saturated carbocycles. The van der Waals surface area contributed by atoms with Crippen LogP contribution in [0.1, 0.15) is 12.5 Å². The van der Waals surface area contributed by atoms with Gasteiger partial charge in [0.1, 0.15) is 6.04 Å². The molecule has 1 aliphatic rings. The molecule has 1 aliphatic heterocycles. The first-order chi connectivity index (χ1) is 11.0. The fraction of sp³-hybridized carbons (Fsp3) is 0.176. The van der Waals surface area contributed by atoms with Crippen LogP contribution in [0, 0.1) is 0 Å². The van der Waals surface area contributed by atoms with Crippen molar-refractivity contribution in [1.82, 2.24) is 4.90 Å². The van der Waals surface area contributed by atoms with Gasteiger partial charge in [-0.25, -0.2) is 9.69 Å². The molecular weight excluding hydrogens is 335 g/mol. The molecular formula is C17H14Cl2N2O2. The fourth-order valence-electron chi connectivity index (χ4n) is 2.53. The lowest BCUT2D eigenvalue weighted by molar-refractivity contribution is -0.119. The van der Waals surface area contributed by atoms with Gasteiger partial charge < -0.3 is 4.90 Å². The number of carbonyl (C=O) groups is 2. The third kappa shape index (κ3) is 3.05. The van der Waals surface area contributed by atoms with Gasteiger partial charge in [-0.2, -0.15) is 0 Å². The second kappa shape index (κ2) is 6.22. The topological polar surface area (TPSA) is 40.6 Å². The number of carbonyl (C=O) groups excluding carboxylic acids is 2. The molecule has 0 aliphatic carbocycles. The molecule has 0 spiro atoms. The largest absolute Gasteiger partial charge is 0.332 e. The van der Waals surface area contributed by atoms with Crippen LogP contribution in [0.4, 0.5) is 10.5 Å². The Balaban J connectivity index is 1.85. The molecule has 3 rings (SSSR count). The summed E-state index contributed by atoms with van der Waals surface area (Å²) in [5.41, 5.74) is 1.44. The number of rotatable bonds is 3. The Morgan fingerprint density at radius 2 is 1.43 bits per heavy atom. The highest BCUT2D eigenvalue weighted by molar-refractivity contribution is 6.31. The maximum atomic E-state index is 12.7. The second-order valence-corrected chi connectivity index (χ2v) is 6.24. The molecule has 0 radical (unpaired) electrons. The predicted molar refractivity (Wildman–Crippen MR) is 90.8 cm³/mol. The van der Waals surface area contributed by atoms with Crippen molar-refractivity contribution < 1.29 is 9.59 Å². The lowest BCUT2D eigenvalue weighted by atomic mass is 10.2. The molecule has 2 aromatic rings. The molecule has 23 heavy (non-hydrogen) atoms. The molecule has 0 aromatic heterocycles. The molecule has 1 heterocycles. The highest BCUT2D eigenvalue weighted by Crippen LogP contribution is 2.27. The zero-order valence-electron chi connectivity index (χ0n) is 12.4. The normalized spacial score (nSPS) is 18.0. The van der Waals surface area contributed by atoms with Gasteiger partial charge in [0.25, 0.3) is 5.91 Å². The number of anilines is 1. The van der Waals surface area contributed by atoms with Crippen molar-refractivity contribution in [2.45, 2.75) is 19.5 Å². The van der Waals surface area contributed by atoms with E-state index in [0.29, 0.717) is 22.3 Å². The maximum absolute atomic E-state index is 12.7. The van der Waals surface area contributed by atoms with Crippen LogP contribution in [0.3, 0.4) is 0 Å². The molecule has 0 bridgehead atoms. The number of imide groups is 1. The Labute approximate surface area is 144 Å². The lowest BCUT2D eigenvalue weighted by Gasteiger charge is -2.19. The van der Waals surface area contributed by atoms with Crippen LogP contribution in [-0.2, 0) is 11.3 Å². The fourth-order valence-corrected chi connectivity index (χ4v) is 2.78. The minimum Gasteiger partial charge on any atom is -0.308 e. The molecule has 118 valence electrons. The third-order valence-corrected chi connectivity index (χ3v) is 4.34. The van der Waals surface area contributed by atoms with Gasteiger partial charge in [0.2, 0.25) is 0 Å². The monoisotopic (exact) mass is 348 g/mol. The van der Waals surface area contributed by atoms with E-state index in [1.807, 2.05) is 12.1 Å². The molecule has 1 fully saturated rings. The summed E-state index contributed by atoms with van der Waals surface area (Å²) in [5, 5.41) is 1.19. The summed E-state index contributed by atoms with van der Waals surface area (Å²) >= 11 is 11.7. The average Bonchev–Trinajstić information content (AvgIpc) is 2.74. The van der Waals surface area contributed by atoms with Crippen molar-refractivity contribution in [2.24, 2.45) is 0 Å². The minimum absolute atomic E-state index is 0.244. The van der Waals surface area contributed by atoms with Gasteiger partial charge in [0.15, 0.2) is 0 Å². The van der Waals surface area contributed by atoms with Crippen molar-refractivity contribution in [3.05, 3.63) is 64.1 Å². The molecule has 6 heteroatoms. The van der Waals surface area contributed by atoms with E-state index >= 15 is 0 Å². The summed E-state index contributed by atoms with van der Waals surface area (Å²) in [5.74, 6) is -0.244. The number of urea groups is 1. The smallest absolute Gasteiger partial charge is 0.308 e. The van der Waals surface area contributed by atoms with Gasteiger partial charge in [-0.05, 0) is 48.9 Å². The van der Waals surface area contributed by atoms with Crippen molar-refractivity contribution in [1.29, 1.82) is 0 Å². The minimum atomic E-state index is -0.520. The predicted octanol–water partition coefficient (Wildman–Crippen LogP) is 4.35. The second-order valence-electron chi connectivity index (χ2n) is 5.36. The standard InChI is InChI=1S/C17H14Cl2N2O2/c1-11-16(22)21(15-8-6-14(19)7-9-15)17(23)20(11)10-12-2-4-13(18)5-3-12/h2-9,11H,10H2,1H3/t11-/m0/s1. The van der Waals surface area contributed by atoms with E-state index in [-0.39, 0.29) is 11.9 Å². The highest BCUT2D eigenvalue weighted by atomic mass is 35.5. The van der Waals surface area contributed by atoms with Crippen LogP contribution < -0.4 is 4.90 Å². The van der Waals surface area contributed by atoms with E-state index in [2.05, 4.69) is 0 Å². The Bertz CT molecular complexity index is 744. The van der Waals surface area contributed by atoms with Gasteiger partial charge >= 0.3 is 6.03 Å². The van der Waals surface area contributed by atoms with Crippen molar-refractivity contribution >= 4 is 40.8 Å². The molecule has 3 amide bonds. The molecule has 2 aromatic carbocycles. The summed E-state index contributed by atoms with van der Waals surface area (Å²) in [6, 6.07) is 13.0. The van der Waals surface area contributed by atoms with Crippen LogP contribution in [0.25, 0.3) is 0 Å². The molecule has 4 nitrogen and oxygen atoms in total. The summed E-state index contributed by atoms with van der Waals surface area (Å²) in [6.07, 6.45) is 0. The first-order valence-electron chi connectivity index (χ1n) is 7.12. The van der Waals surface area contributed by atoms with Crippen LogP contribution in [-0.4, -0.2) is 22.9 Å². The van der Waals surface area contributed by atoms with E-state index in [0.717, 1.165) is 5.56 Å². The average molecular weight is 349 g/mol. The third-order valence-electron chi connectivity index (χ3n) is 3.83. The number of hydrogen-bond acceptors (Lipinski definition) is 2. The molecule has 0 unspecified atom stereocenters.